The van der Waals surface area contributed by atoms with Crippen LogP contribution in [-0.4, -0.2) is 55.1 Å². The third-order valence-corrected chi connectivity index (χ3v) is 8.06. The molecule has 6 nitrogen and oxygen atoms in total. The maximum Gasteiger partial charge on any atom is 0.328 e. The van der Waals surface area contributed by atoms with Gasteiger partial charge in [-0.2, -0.15) is 0 Å². The molecule has 2 aliphatic carbocycles. The molecule has 1 unspecified atom stereocenters. The van der Waals surface area contributed by atoms with Gasteiger partial charge in [-0.3, -0.25) is 15.2 Å². The number of nitrogens with zero attached hydrogens (tertiary/aromatic N) is 3. The minimum atomic E-state index is -0.393. The second-order valence-corrected chi connectivity index (χ2v) is 10.3. The van der Waals surface area contributed by atoms with E-state index < -0.39 is 5.54 Å². The van der Waals surface area contributed by atoms with Gasteiger partial charge in [0.2, 0.25) is 0 Å². The van der Waals surface area contributed by atoms with E-state index in [0.29, 0.717) is 6.04 Å². The van der Waals surface area contributed by atoms with E-state index in [1.807, 2.05) is 29.2 Å². The number of ether oxygens (including phenoxy) is 1. The summed E-state index contributed by atoms with van der Waals surface area (Å²) in [5.74, 6) is 2.48. The molecule has 2 saturated heterocycles. The van der Waals surface area contributed by atoms with Crippen LogP contribution in [0.1, 0.15) is 70.6 Å². The number of amides is 2. The molecule has 2 aliphatic heterocycles. The van der Waals surface area contributed by atoms with Gasteiger partial charge >= 0.3 is 6.03 Å². The van der Waals surface area contributed by atoms with Gasteiger partial charge in [0.1, 0.15) is 17.1 Å². The molecule has 1 N–H and O–H groups in total. The number of hydrogen-bond donors (Lipinski definition) is 1. The highest BCUT2D eigenvalue weighted by Crippen LogP contribution is 2.39. The maximum atomic E-state index is 13.4. The Hall–Kier alpha value is -2.08. The van der Waals surface area contributed by atoms with Crippen molar-refractivity contribution in [1.82, 2.24) is 10.2 Å². The molecule has 1 atom stereocenters. The van der Waals surface area contributed by atoms with Gasteiger partial charge in [-0.1, -0.05) is 44.6 Å². The number of anilines is 1. The molecule has 2 saturated carbocycles. The molecular formula is C26H38N4O2. The molecule has 0 radical (unpaired) electrons. The average molecular weight is 439 g/mol. The maximum absolute atomic E-state index is 13.4. The van der Waals surface area contributed by atoms with Crippen LogP contribution in [0.3, 0.4) is 0 Å². The highest BCUT2D eigenvalue weighted by atomic mass is 16.5. The van der Waals surface area contributed by atoms with Gasteiger partial charge in [0.25, 0.3) is 0 Å². The average Bonchev–Trinajstić information content (AvgIpc) is 3.35. The molecule has 174 valence electrons. The number of amidine groups is 1. The Morgan fingerprint density at radius 3 is 2.59 bits per heavy atom. The lowest BCUT2D eigenvalue weighted by Crippen LogP contribution is -2.52. The summed E-state index contributed by atoms with van der Waals surface area (Å²) in [5, 5.41) is 3.21. The van der Waals surface area contributed by atoms with Crippen molar-refractivity contribution in [1.29, 1.82) is 0 Å². The van der Waals surface area contributed by atoms with Crippen molar-refractivity contribution in [3.05, 3.63) is 24.3 Å². The van der Waals surface area contributed by atoms with Crippen molar-refractivity contribution >= 4 is 17.6 Å². The number of nitrogens with one attached hydrogen (secondary N) is 1. The molecular weight excluding hydrogens is 400 g/mol. The number of likely N-dealkylation sites (tertiary alicyclic amines) is 1. The predicted octanol–water partition coefficient (Wildman–Crippen LogP) is 4.98. The minimum Gasteiger partial charge on any atom is -0.497 e. The Bertz CT molecular complexity index is 844. The smallest absolute Gasteiger partial charge is 0.328 e. The van der Waals surface area contributed by atoms with Crippen LogP contribution in [0.2, 0.25) is 0 Å². The van der Waals surface area contributed by atoms with E-state index in [1.54, 1.807) is 7.11 Å². The van der Waals surface area contributed by atoms with Gasteiger partial charge in [-0.05, 0) is 50.2 Å². The second kappa shape index (κ2) is 9.42. The van der Waals surface area contributed by atoms with E-state index >= 15 is 0 Å². The van der Waals surface area contributed by atoms with E-state index in [4.69, 9.17) is 9.73 Å². The Kier molecular flexibility index (Phi) is 6.40. The van der Waals surface area contributed by atoms with Gasteiger partial charge in [0.05, 0.1) is 18.8 Å². The van der Waals surface area contributed by atoms with Gasteiger partial charge < -0.3 is 9.64 Å². The SMILES string of the molecule is COc1cccc(N2C(=O)NC(=NC3CCCCC3)C23CCN(CC2CCCCC2)C3)c1. The Morgan fingerprint density at radius 2 is 1.84 bits per heavy atom. The molecule has 5 rings (SSSR count). The fourth-order valence-electron chi connectivity index (χ4n) is 6.37. The lowest BCUT2D eigenvalue weighted by Gasteiger charge is -2.35. The first-order valence-electron chi connectivity index (χ1n) is 12.7. The van der Waals surface area contributed by atoms with E-state index in [9.17, 15) is 4.79 Å². The van der Waals surface area contributed by atoms with Gasteiger partial charge in [-0.15, -0.1) is 0 Å². The third-order valence-electron chi connectivity index (χ3n) is 8.06. The zero-order chi connectivity index (χ0) is 22.0. The molecule has 1 aromatic rings. The van der Waals surface area contributed by atoms with Crippen LogP contribution in [-0.2, 0) is 0 Å². The van der Waals surface area contributed by atoms with Gasteiger partial charge in [0, 0.05) is 25.7 Å². The molecule has 0 bridgehead atoms. The first kappa shape index (κ1) is 21.7. The number of carbonyl (C=O) groups is 1. The molecule has 2 amide bonds. The number of carbonyl (C=O) groups excluding carboxylic acids is 1. The van der Waals surface area contributed by atoms with Crippen molar-refractivity contribution in [3.63, 3.8) is 0 Å². The van der Waals surface area contributed by atoms with Crippen molar-refractivity contribution in [2.45, 2.75) is 82.2 Å². The summed E-state index contributed by atoms with van der Waals surface area (Å²) in [4.78, 5) is 23.1. The Labute approximate surface area is 192 Å². The monoisotopic (exact) mass is 438 g/mol. The molecule has 4 fully saturated rings. The highest BCUT2D eigenvalue weighted by Gasteiger charge is 2.55. The first-order chi connectivity index (χ1) is 15.7. The number of benzene rings is 1. The topological polar surface area (TPSA) is 57.2 Å². The summed E-state index contributed by atoms with van der Waals surface area (Å²) < 4.78 is 5.47. The molecule has 6 heteroatoms. The first-order valence-corrected chi connectivity index (χ1v) is 12.7. The van der Waals surface area contributed by atoms with Crippen LogP contribution in [0.15, 0.2) is 29.3 Å². The van der Waals surface area contributed by atoms with Crippen molar-refractivity contribution in [3.8, 4) is 5.75 Å². The highest BCUT2D eigenvalue weighted by molar-refractivity contribution is 6.19. The predicted molar refractivity (Wildman–Crippen MR) is 129 cm³/mol. The molecule has 32 heavy (non-hydrogen) atoms. The molecule has 2 heterocycles. The lowest BCUT2D eigenvalue weighted by molar-refractivity contribution is 0.228. The normalized spacial score (nSPS) is 29.2. The summed E-state index contributed by atoms with van der Waals surface area (Å²) in [6.07, 6.45) is 13.8. The largest absolute Gasteiger partial charge is 0.497 e. The molecule has 1 spiro atoms. The zero-order valence-electron chi connectivity index (χ0n) is 19.5. The van der Waals surface area contributed by atoms with Crippen LogP contribution in [0.4, 0.5) is 10.5 Å². The number of rotatable bonds is 5. The fourth-order valence-corrected chi connectivity index (χ4v) is 6.37. The summed E-state index contributed by atoms with van der Waals surface area (Å²) >= 11 is 0. The van der Waals surface area contributed by atoms with Crippen LogP contribution in [0.25, 0.3) is 0 Å². The second-order valence-electron chi connectivity index (χ2n) is 10.3. The van der Waals surface area contributed by atoms with Crippen LogP contribution in [0.5, 0.6) is 5.75 Å². The standard InChI is InChI=1S/C26H38N4O2/c1-32-23-14-8-13-22(17-23)30-25(31)28-24(27-21-11-6-3-7-12-21)26(30)15-16-29(19-26)18-20-9-4-2-5-10-20/h8,13-14,17,20-21H,2-7,9-12,15-16,18-19H2,1H3,(H,27,28,31). The zero-order valence-corrected chi connectivity index (χ0v) is 19.5. The number of aliphatic imine (C=N–C) groups is 1. The van der Waals surface area contributed by atoms with Crippen molar-refractivity contribution < 1.29 is 9.53 Å². The van der Waals surface area contributed by atoms with Crippen LogP contribution in [0, 0.1) is 5.92 Å². The summed E-state index contributed by atoms with van der Waals surface area (Å²) in [6, 6.07) is 8.21. The molecule has 0 aromatic heterocycles. The summed E-state index contributed by atoms with van der Waals surface area (Å²) in [7, 11) is 1.68. The molecule has 4 aliphatic rings. The summed E-state index contributed by atoms with van der Waals surface area (Å²) in [6.45, 7) is 3.04. The van der Waals surface area contributed by atoms with Crippen molar-refractivity contribution in [2.24, 2.45) is 10.9 Å². The summed E-state index contributed by atoms with van der Waals surface area (Å²) in [5.41, 5.74) is 0.505. The van der Waals surface area contributed by atoms with Crippen LogP contribution >= 0.6 is 0 Å². The van der Waals surface area contributed by atoms with Crippen LogP contribution < -0.4 is 15.0 Å². The van der Waals surface area contributed by atoms with E-state index in [1.165, 1.54) is 51.4 Å². The number of hydrogen-bond acceptors (Lipinski definition) is 4. The Balaban J connectivity index is 1.45. The van der Waals surface area contributed by atoms with Crippen molar-refractivity contribution in [2.75, 3.05) is 31.6 Å². The van der Waals surface area contributed by atoms with E-state index in [2.05, 4.69) is 10.2 Å². The number of methoxy groups -OCH3 is 1. The lowest BCUT2D eigenvalue weighted by atomic mass is 9.89. The number of urea groups is 1. The van der Waals surface area contributed by atoms with Gasteiger partial charge in [0.15, 0.2) is 0 Å². The van der Waals surface area contributed by atoms with E-state index in [0.717, 1.165) is 62.1 Å². The molecule has 1 aromatic carbocycles. The minimum absolute atomic E-state index is 0.0488. The Morgan fingerprint density at radius 1 is 1.09 bits per heavy atom. The van der Waals surface area contributed by atoms with E-state index in [-0.39, 0.29) is 6.03 Å². The third kappa shape index (κ3) is 4.26. The van der Waals surface area contributed by atoms with Gasteiger partial charge in [-0.25, -0.2) is 4.79 Å². The fraction of sp³-hybridized carbons (Fsp3) is 0.692. The quantitative estimate of drug-likeness (QED) is 0.705.